The SMILES string of the molecule is CCC(C=C(C)CC(=O)O)(CC)C(=O)O. The second-order valence-corrected chi connectivity index (χ2v) is 3.73. The van der Waals surface area contributed by atoms with Crippen LogP contribution in [-0.2, 0) is 9.59 Å². The molecule has 0 rings (SSSR count). The molecular formula is C11H18O4. The maximum absolute atomic E-state index is 11.1. The lowest BCUT2D eigenvalue weighted by Gasteiger charge is -2.23. The summed E-state index contributed by atoms with van der Waals surface area (Å²) < 4.78 is 0. The predicted octanol–water partition coefficient (Wildman–Crippen LogP) is 2.30. The van der Waals surface area contributed by atoms with Gasteiger partial charge < -0.3 is 10.2 Å². The Bertz CT molecular complexity index is 274. The first-order chi connectivity index (χ1) is 6.88. The molecule has 0 unspecified atom stereocenters. The van der Waals surface area contributed by atoms with E-state index in [2.05, 4.69) is 0 Å². The van der Waals surface area contributed by atoms with Gasteiger partial charge in [0.1, 0.15) is 0 Å². The molecular weight excluding hydrogens is 196 g/mol. The molecule has 0 heterocycles. The van der Waals surface area contributed by atoms with Crippen LogP contribution >= 0.6 is 0 Å². The van der Waals surface area contributed by atoms with Crippen molar-refractivity contribution in [3.63, 3.8) is 0 Å². The Morgan fingerprint density at radius 2 is 1.67 bits per heavy atom. The molecule has 0 saturated heterocycles. The van der Waals surface area contributed by atoms with Gasteiger partial charge in [0.15, 0.2) is 0 Å². The molecule has 0 radical (unpaired) electrons. The molecule has 15 heavy (non-hydrogen) atoms. The quantitative estimate of drug-likeness (QED) is 0.665. The van der Waals surface area contributed by atoms with Crippen LogP contribution in [0.1, 0.15) is 40.0 Å². The Morgan fingerprint density at radius 1 is 1.20 bits per heavy atom. The van der Waals surface area contributed by atoms with E-state index in [9.17, 15) is 9.59 Å². The summed E-state index contributed by atoms with van der Waals surface area (Å²) in [5.74, 6) is -1.83. The zero-order chi connectivity index (χ0) is 12.1. The van der Waals surface area contributed by atoms with Crippen molar-refractivity contribution in [3.8, 4) is 0 Å². The summed E-state index contributed by atoms with van der Waals surface area (Å²) in [4.78, 5) is 21.6. The first-order valence-electron chi connectivity index (χ1n) is 5.01. The van der Waals surface area contributed by atoms with Crippen molar-refractivity contribution in [3.05, 3.63) is 11.6 Å². The summed E-state index contributed by atoms with van der Waals surface area (Å²) in [6, 6.07) is 0. The number of aliphatic carboxylic acids is 2. The first kappa shape index (κ1) is 13.7. The Balaban J connectivity index is 4.95. The maximum atomic E-state index is 11.1. The molecule has 0 amide bonds. The molecule has 0 aromatic rings. The van der Waals surface area contributed by atoms with Crippen LogP contribution in [0.5, 0.6) is 0 Å². The lowest BCUT2D eigenvalue weighted by molar-refractivity contribution is -0.146. The van der Waals surface area contributed by atoms with Crippen molar-refractivity contribution >= 4 is 11.9 Å². The maximum Gasteiger partial charge on any atom is 0.313 e. The zero-order valence-electron chi connectivity index (χ0n) is 9.41. The molecule has 0 aliphatic heterocycles. The van der Waals surface area contributed by atoms with E-state index < -0.39 is 17.4 Å². The van der Waals surface area contributed by atoms with Crippen LogP contribution in [0.15, 0.2) is 11.6 Å². The number of carboxylic acids is 2. The minimum Gasteiger partial charge on any atom is -0.481 e. The van der Waals surface area contributed by atoms with Gasteiger partial charge in [-0.2, -0.15) is 0 Å². The van der Waals surface area contributed by atoms with Gasteiger partial charge in [-0.15, -0.1) is 0 Å². The zero-order valence-corrected chi connectivity index (χ0v) is 9.41. The smallest absolute Gasteiger partial charge is 0.313 e. The Labute approximate surface area is 89.6 Å². The third-order valence-corrected chi connectivity index (χ3v) is 2.64. The van der Waals surface area contributed by atoms with E-state index in [4.69, 9.17) is 10.2 Å². The molecule has 4 nitrogen and oxygen atoms in total. The van der Waals surface area contributed by atoms with Crippen LogP contribution in [0, 0.1) is 5.41 Å². The molecule has 0 aromatic heterocycles. The highest BCUT2D eigenvalue weighted by molar-refractivity contribution is 5.77. The average Bonchev–Trinajstić information content (AvgIpc) is 2.12. The highest BCUT2D eigenvalue weighted by Gasteiger charge is 2.32. The molecule has 0 atom stereocenters. The predicted molar refractivity (Wildman–Crippen MR) is 56.7 cm³/mol. The number of hydrogen-bond acceptors (Lipinski definition) is 2. The van der Waals surface area contributed by atoms with Crippen molar-refractivity contribution in [2.45, 2.75) is 40.0 Å². The van der Waals surface area contributed by atoms with E-state index in [0.717, 1.165) is 0 Å². The molecule has 0 spiro atoms. The normalized spacial score (nSPS) is 12.6. The second-order valence-electron chi connectivity index (χ2n) is 3.73. The standard InChI is InChI=1S/C11H18O4/c1-4-11(5-2,10(14)15)7-8(3)6-9(12)13/h7H,4-6H2,1-3H3,(H,12,13)(H,14,15). The number of carbonyl (C=O) groups is 2. The topological polar surface area (TPSA) is 74.6 Å². The fourth-order valence-electron chi connectivity index (χ4n) is 1.58. The van der Waals surface area contributed by atoms with E-state index in [1.807, 2.05) is 0 Å². The van der Waals surface area contributed by atoms with Gasteiger partial charge in [0.25, 0.3) is 0 Å². The fourth-order valence-corrected chi connectivity index (χ4v) is 1.58. The van der Waals surface area contributed by atoms with Crippen molar-refractivity contribution < 1.29 is 19.8 Å². The van der Waals surface area contributed by atoms with Crippen molar-refractivity contribution in [1.29, 1.82) is 0 Å². The monoisotopic (exact) mass is 214 g/mol. The van der Waals surface area contributed by atoms with Crippen molar-refractivity contribution in [1.82, 2.24) is 0 Å². The van der Waals surface area contributed by atoms with Crippen LogP contribution in [0.25, 0.3) is 0 Å². The lowest BCUT2D eigenvalue weighted by Crippen LogP contribution is -2.27. The molecule has 4 heteroatoms. The van der Waals surface area contributed by atoms with Crippen LogP contribution in [0.4, 0.5) is 0 Å². The van der Waals surface area contributed by atoms with Gasteiger partial charge in [0.05, 0.1) is 11.8 Å². The van der Waals surface area contributed by atoms with Crippen LogP contribution < -0.4 is 0 Å². The van der Waals surface area contributed by atoms with Crippen LogP contribution in [0.2, 0.25) is 0 Å². The number of carboxylic acid groups (broad SMARTS) is 2. The third kappa shape index (κ3) is 3.73. The molecule has 0 bridgehead atoms. The van der Waals surface area contributed by atoms with Crippen LogP contribution in [-0.4, -0.2) is 22.2 Å². The molecule has 0 aromatic carbocycles. The molecule has 0 aliphatic carbocycles. The second kappa shape index (κ2) is 5.53. The summed E-state index contributed by atoms with van der Waals surface area (Å²) in [5.41, 5.74) is -0.326. The highest BCUT2D eigenvalue weighted by Crippen LogP contribution is 2.30. The number of hydrogen-bond donors (Lipinski definition) is 2. The first-order valence-corrected chi connectivity index (χ1v) is 5.01. The Kier molecular flexibility index (Phi) is 5.05. The Hall–Kier alpha value is -1.32. The minimum atomic E-state index is -0.935. The highest BCUT2D eigenvalue weighted by atomic mass is 16.4. The van der Waals surface area contributed by atoms with E-state index in [0.29, 0.717) is 18.4 Å². The van der Waals surface area contributed by atoms with E-state index in [1.165, 1.54) is 0 Å². The number of rotatable bonds is 6. The third-order valence-electron chi connectivity index (χ3n) is 2.64. The molecule has 0 aliphatic rings. The molecule has 2 N–H and O–H groups in total. The van der Waals surface area contributed by atoms with E-state index in [-0.39, 0.29) is 6.42 Å². The van der Waals surface area contributed by atoms with Gasteiger partial charge in [0.2, 0.25) is 0 Å². The van der Waals surface area contributed by atoms with Gasteiger partial charge in [-0.1, -0.05) is 25.5 Å². The Morgan fingerprint density at radius 3 is 1.93 bits per heavy atom. The lowest BCUT2D eigenvalue weighted by atomic mass is 9.80. The minimum absolute atomic E-state index is 0.102. The molecule has 0 saturated carbocycles. The van der Waals surface area contributed by atoms with Gasteiger partial charge >= 0.3 is 11.9 Å². The average molecular weight is 214 g/mol. The van der Waals surface area contributed by atoms with Gasteiger partial charge in [-0.05, 0) is 19.8 Å². The van der Waals surface area contributed by atoms with Gasteiger partial charge in [0, 0.05) is 0 Å². The molecule has 86 valence electrons. The summed E-state index contributed by atoms with van der Waals surface area (Å²) in [6.45, 7) is 5.24. The summed E-state index contributed by atoms with van der Waals surface area (Å²) >= 11 is 0. The van der Waals surface area contributed by atoms with Gasteiger partial charge in [-0.3, -0.25) is 9.59 Å². The fraction of sp³-hybridized carbons (Fsp3) is 0.636. The molecule has 0 fully saturated rings. The largest absolute Gasteiger partial charge is 0.481 e. The van der Waals surface area contributed by atoms with Crippen LogP contribution in [0.3, 0.4) is 0 Å². The van der Waals surface area contributed by atoms with Gasteiger partial charge in [-0.25, -0.2) is 0 Å². The van der Waals surface area contributed by atoms with E-state index in [1.54, 1.807) is 26.8 Å². The van der Waals surface area contributed by atoms with Crippen molar-refractivity contribution in [2.24, 2.45) is 5.41 Å². The summed E-state index contributed by atoms with van der Waals surface area (Å²) in [7, 11) is 0. The summed E-state index contributed by atoms with van der Waals surface area (Å²) in [5, 5.41) is 17.7. The van der Waals surface area contributed by atoms with E-state index >= 15 is 0 Å². The summed E-state index contributed by atoms with van der Waals surface area (Å²) in [6.07, 6.45) is 2.41. The van der Waals surface area contributed by atoms with Crippen molar-refractivity contribution in [2.75, 3.05) is 0 Å².